The monoisotopic (exact) mass is 635 g/mol. The second-order valence-corrected chi connectivity index (χ2v) is 13.2. The van der Waals surface area contributed by atoms with E-state index in [4.69, 9.17) is 4.74 Å². The fourth-order valence-corrected chi connectivity index (χ4v) is 7.31. The lowest BCUT2D eigenvalue weighted by molar-refractivity contribution is -0.173. The molecule has 1 amide bonds. The molecule has 1 aromatic carbocycles. The van der Waals surface area contributed by atoms with Gasteiger partial charge in [0.2, 0.25) is 0 Å². The molecular weight excluding hydrogens is 607 g/mol. The molecule has 40 heavy (non-hydrogen) atoms. The molecule has 12 heteroatoms. The van der Waals surface area contributed by atoms with Crippen LogP contribution in [-0.2, 0) is 12.8 Å². The van der Waals surface area contributed by atoms with Gasteiger partial charge in [-0.15, -0.1) is 11.3 Å². The summed E-state index contributed by atoms with van der Waals surface area (Å²) in [6.45, 7) is 6.59. The fraction of sp³-hybridized carbons (Fsp3) is 0.464. The van der Waals surface area contributed by atoms with Crippen LogP contribution in [0.3, 0.4) is 0 Å². The third-order valence-corrected chi connectivity index (χ3v) is 9.78. The van der Waals surface area contributed by atoms with Crippen molar-refractivity contribution < 1.29 is 22.7 Å². The molecule has 0 radical (unpaired) electrons. The van der Waals surface area contributed by atoms with Crippen molar-refractivity contribution in [2.75, 3.05) is 17.7 Å². The van der Waals surface area contributed by atoms with Crippen LogP contribution in [0.25, 0.3) is 0 Å². The van der Waals surface area contributed by atoms with Crippen LogP contribution in [0, 0.1) is 22.7 Å². The van der Waals surface area contributed by atoms with Gasteiger partial charge in [0, 0.05) is 11.3 Å². The zero-order chi connectivity index (χ0) is 29.0. The van der Waals surface area contributed by atoms with Gasteiger partial charge in [-0.3, -0.25) is 4.79 Å². The van der Waals surface area contributed by atoms with Crippen LogP contribution in [-0.4, -0.2) is 29.0 Å². The molecule has 3 aromatic rings. The van der Waals surface area contributed by atoms with Crippen LogP contribution in [0.5, 0.6) is 5.75 Å². The summed E-state index contributed by atoms with van der Waals surface area (Å²) in [5.41, 5.74) is 1.95. The van der Waals surface area contributed by atoms with E-state index in [-0.39, 0.29) is 27.8 Å². The van der Waals surface area contributed by atoms with Gasteiger partial charge >= 0.3 is 6.18 Å². The number of aromatic nitrogens is 2. The SMILES string of the molecule is COc1ccc([C@H]2C[C@@H](C(F)(F)F)n3nc(C(=O)Nc4sc5c(c4C#N)CC[C@H](C(C)(C)C)C5)c(Br)c3N2)cc1. The molecule has 2 aliphatic rings. The fourth-order valence-electron chi connectivity index (χ4n) is 5.48. The number of nitrogens with zero attached hydrogens (tertiary/aromatic N) is 3. The maximum absolute atomic E-state index is 14.2. The lowest BCUT2D eigenvalue weighted by Crippen LogP contribution is -2.35. The first-order valence-electron chi connectivity index (χ1n) is 12.9. The van der Waals surface area contributed by atoms with E-state index in [9.17, 15) is 23.2 Å². The van der Waals surface area contributed by atoms with Gasteiger partial charge in [-0.05, 0) is 69.8 Å². The molecular formula is C28H29BrF3N5O2S. The van der Waals surface area contributed by atoms with Crippen LogP contribution >= 0.6 is 27.3 Å². The van der Waals surface area contributed by atoms with Gasteiger partial charge in [0.15, 0.2) is 11.7 Å². The van der Waals surface area contributed by atoms with Crippen molar-refractivity contribution in [1.29, 1.82) is 5.26 Å². The number of nitriles is 1. The maximum Gasteiger partial charge on any atom is 0.410 e. The first kappa shape index (κ1) is 28.5. The molecule has 3 atom stereocenters. The second kappa shape index (κ2) is 10.4. The van der Waals surface area contributed by atoms with Gasteiger partial charge in [-0.1, -0.05) is 32.9 Å². The van der Waals surface area contributed by atoms with E-state index in [2.05, 4.69) is 58.5 Å². The number of ether oxygens (including phenoxy) is 1. The number of fused-ring (bicyclic) bond motifs is 2. The molecule has 7 nitrogen and oxygen atoms in total. The Bertz CT molecular complexity index is 1480. The van der Waals surface area contributed by atoms with Crippen molar-refractivity contribution >= 4 is 44.0 Å². The van der Waals surface area contributed by atoms with E-state index in [1.54, 1.807) is 24.3 Å². The highest BCUT2D eigenvalue weighted by atomic mass is 79.9. The zero-order valence-corrected chi connectivity index (χ0v) is 24.9. The molecule has 5 rings (SSSR count). The number of benzene rings is 1. The van der Waals surface area contributed by atoms with E-state index in [1.807, 2.05) is 0 Å². The highest BCUT2D eigenvalue weighted by molar-refractivity contribution is 9.10. The molecule has 0 bridgehead atoms. The third-order valence-electron chi connectivity index (χ3n) is 7.86. The molecule has 2 N–H and O–H groups in total. The average molecular weight is 637 g/mol. The van der Waals surface area contributed by atoms with Gasteiger partial charge in [-0.25, -0.2) is 4.68 Å². The molecule has 0 unspecified atom stereocenters. The normalized spacial score (nSPS) is 20.6. The Hall–Kier alpha value is -3.04. The standard InChI is InChI=1S/C28H29BrF3N5O2S/c1-27(2,3)15-7-10-17-18(13-33)26(40-20(17)11-15)35-25(38)23-22(29)24-34-19(14-5-8-16(39-4)9-6-14)12-21(28(30,31)32)37(24)36-23/h5-6,8-9,15,19,21,34H,7,10-12H2,1-4H3,(H,35,38)/t15-,19+,21-/m0/s1. The Kier molecular flexibility index (Phi) is 7.42. The summed E-state index contributed by atoms with van der Waals surface area (Å²) < 4.78 is 48.7. The first-order chi connectivity index (χ1) is 18.8. The van der Waals surface area contributed by atoms with Crippen molar-refractivity contribution in [2.24, 2.45) is 11.3 Å². The maximum atomic E-state index is 14.2. The van der Waals surface area contributed by atoms with Crippen molar-refractivity contribution in [3.05, 3.63) is 56.0 Å². The molecule has 0 saturated carbocycles. The van der Waals surface area contributed by atoms with Crippen LogP contribution in [0.15, 0.2) is 28.7 Å². The predicted molar refractivity (Wildman–Crippen MR) is 151 cm³/mol. The van der Waals surface area contributed by atoms with Crippen LogP contribution < -0.4 is 15.4 Å². The minimum absolute atomic E-state index is 0.0681. The van der Waals surface area contributed by atoms with E-state index < -0.39 is 24.2 Å². The lowest BCUT2D eigenvalue weighted by atomic mass is 9.72. The molecule has 2 aromatic heterocycles. The Labute approximate surface area is 242 Å². The first-order valence-corrected chi connectivity index (χ1v) is 14.5. The Morgan fingerprint density at radius 1 is 1.27 bits per heavy atom. The number of nitrogens with one attached hydrogen (secondary N) is 2. The number of hydrogen-bond acceptors (Lipinski definition) is 6. The number of carbonyl (C=O) groups is 1. The van der Waals surface area contributed by atoms with Crippen molar-refractivity contribution in [1.82, 2.24) is 9.78 Å². The number of carbonyl (C=O) groups excluding carboxylic acids is 1. The van der Waals surface area contributed by atoms with E-state index in [0.717, 1.165) is 34.4 Å². The number of alkyl halides is 3. The van der Waals surface area contributed by atoms with Crippen LogP contribution in [0.1, 0.15) is 77.8 Å². The molecule has 3 heterocycles. The van der Waals surface area contributed by atoms with Crippen LogP contribution in [0.2, 0.25) is 0 Å². The van der Waals surface area contributed by atoms with Gasteiger partial charge < -0.3 is 15.4 Å². The second-order valence-electron chi connectivity index (χ2n) is 11.3. The summed E-state index contributed by atoms with van der Waals surface area (Å²) in [6.07, 6.45) is -2.37. The quantitative estimate of drug-likeness (QED) is 0.307. The number of anilines is 2. The summed E-state index contributed by atoms with van der Waals surface area (Å²) in [5, 5.41) is 20.3. The van der Waals surface area contributed by atoms with Crippen LogP contribution in [0.4, 0.5) is 24.0 Å². The van der Waals surface area contributed by atoms with Gasteiger partial charge in [0.1, 0.15) is 22.6 Å². The molecule has 0 fully saturated rings. The highest BCUT2D eigenvalue weighted by Crippen LogP contribution is 2.47. The van der Waals surface area contributed by atoms with Gasteiger partial charge in [0.25, 0.3) is 5.91 Å². The Balaban J connectivity index is 1.45. The number of halogens is 4. The van der Waals surface area contributed by atoms with Gasteiger partial charge in [-0.2, -0.15) is 23.5 Å². The topological polar surface area (TPSA) is 92.0 Å². The largest absolute Gasteiger partial charge is 0.497 e. The average Bonchev–Trinajstić information content (AvgIpc) is 3.43. The summed E-state index contributed by atoms with van der Waals surface area (Å²) in [6, 6.07) is 6.43. The molecule has 0 spiro atoms. The Morgan fingerprint density at radius 3 is 2.58 bits per heavy atom. The summed E-state index contributed by atoms with van der Waals surface area (Å²) >= 11 is 4.70. The van der Waals surface area contributed by atoms with Crippen molar-refractivity contribution in [3.8, 4) is 11.8 Å². The smallest absolute Gasteiger partial charge is 0.410 e. The minimum atomic E-state index is -4.59. The molecule has 0 saturated heterocycles. The van der Waals surface area contributed by atoms with Crippen molar-refractivity contribution in [3.63, 3.8) is 0 Å². The Morgan fingerprint density at radius 2 is 1.98 bits per heavy atom. The molecule has 1 aliphatic carbocycles. The predicted octanol–water partition coefficient (Wildman–Crippen LogP) is 7.65. The molecule has 212 valence electrons. The number of thiophene rings is 1. The number of hydrogen-bond donors (Lipinski definition) is 2. The lowest BCUT2D eigenvalue weighted by Gasteiger charge is -2.33. The minimum Gasteiger partial charge on any atom is -0.497 e. The van der Waals surface area contributed by atoms with Crippen molar-refractivity contribution in [2.45, 2.75) is 64.7 Å². The summed E-state index contributed by atoms with van der Waals surface area (Å²) in [4.78, 5) is 14.5. The summed E-state index contributed by atoms with van der Waals surface area (Å²) in [7, 11) is 1.52. The van der Waals surface area contributed by atoms with Gasteiger partial charge in [0.05, 0.1) is 23.2 Å². The van der Waals surface area contributed by atoms with E-state index >= 15 is 0 Å². The zero-order valence-electron chi connectivity index (χ0n) is 22.4. The number of rotatable bonds is 4. The number of methoxy groups -OCH3 is 1. The van der Waals surface area contributed by atoms with E-state index in [0.29, 0.717) is 27.8 Å². The summed E-state index contributed by atoms with van der Waals surface area (Å²) in [5.74, 6) is 0.434. The third kappa shape index (κ3) is 5.21. The number of amides is 1. The highest BCUT2D eigenvalue weighted by Gasteiger charge is 2.48. The van der Waals surface area contributed by atoms with E-state index in [1.165, 1.54) is 18.4 Å². The molecule has 1 aliphatic heterocycles.